The van der Waals surface area contributed by atoms with E-state index in [9.17, 15) is 5.11 Å². The highest BCUT2D eigenvalue weighted by molar-refractivity contribution is 6.10. The van der Waals surface area contributed by atoms with Crippen LogP contribution >= 0.6 is 0 Å². The lowest BCUT2D eigenvalue weighted by molar-refractivity contribution is 0.282. The predicted octanol–water partition coefficient (Wildman–Crippen LogP) is 13.0. The second-order valence-corrected chi connectivity index (χ2v) is 13.5. The molecule has 4 nitrogen and oxygen atoms in total. The molecule has 1 N–H and O–H groups in total. The Balaban J connectivity index is 1.06. The number of hydrogen-bond donors (Lipinski definition) is 1. The fourth-order valence-electron chi connectivity index (χ4n) is 7.72. The van der Waals surface area contributed by atoms with Crippen molar-refractivity contribution < 1.29 is 9.52 Å². The lowest BCUT2D eigenvalue weighted by atomic mass is 10.0. The number of benzene rings is 8. The topological polar surface area (TPSA) is 41.5 Å². The summed E-state index contributed by atoms with van der Waals surface area (Å²) in [6.45, 7) is 0.0324. The van der Waals surface area contributed by atoms with Crippen LogP contribution < -0.4 is 4.90 Å². The Bertz CT molecular complexity index is 2900. The van der Waals surface area contributed by atoms with Gasteiger partial charge >= 0.3 is 0 Å². The first-order valence-corrected chi connectivity index (χ1v) is 17.9. The van der Waals surface area contributed by atoms with E-state index in [1.165, 1.54) is 21.9 Å². The Kier molecular flexibility index (Phi) is 7.41. The van der Waals surface area contributed by atoms with E-state index in [1.807, 2.05) is 24.3 Å². The van der Waals surface area contributed by atoms with Crippen molar-refractivity contribution in [3.8, 4) is 27.9 Å². The number of fused-ring (bicyclic) bond motifs is 6. The molecule has 0 saturated carbocycles. The largest absolute Gasteiger partial charge is 0.456 e. The van der Waals surface area contributed by atoms with Gasteiger partial charge in [-0.2, -0.15) is 0 Å². The molecule has 0 fully saturated rings. The maximum Gasteiger partial charge on any atom is 0.135 e. The number of para-hydroxylation sites is 2. The molecule has 10 rings (SSSR count). The SMILES string of the molecule is OCc1ccc(-n2c3ccccc3c3cc(-c4ccc(N(c5ccc(-c6ccccc6)cc5)c5ccc6oc7ccccc7c6c5)cc4)ccc32)cc1. The molecule has 0 aliphatic rings. The standard InChI is InChI=1S/C49H34N2O2/c52-32-33-14-21-40(22-15-33)51-46-12-6-4-10-42(46)44-30-37(20-28-47(44)51)36-18-25-39(26-19-36)50(38-23-16-35(17-24-38)34-8-2-1-3-9-34)41-27-29-49-45(31-41)43-11-5-7-13-48(43)53-49/h1-31,52H,32H2. The van der Waals surface area contributed by atoms with E-state index in [-0.39, 0.29) is 6.61 Å². The van der Waals surface area contributed by atoms with Crippen LogP contribution in [0.15, 0.2) is 192 Å². The van der Waals surface area contributed by atoms with Gasteiger partial charge in [-0.05, 0) is 107 Å². The molecule has 0 unspecified atom stereocenters. The summed E-state index contributed by atoms with van der Waals surface area (Å²) < 4.78 is 8.50. The molecule has 0 spiro atoms. The summed E-state index contributed by atoms with van der Waals surface area (Å²) >= 11 is 0. The summed E-state index contributed by atoms with van der Waals surface area (Å²) in [6.07, 6.45) is 0. The number of aliphatic hydroxyl groups is 1. The van der Waals surface area contributed by atoms with E-state index in [4.69, 9.17) is 4.42 Å². The lowest BCUT2D eigenvalue weighted by Crippen LogP contribution is -2.09. The van der Waals surface area contributed by atoms with Gasteiger partial charge in [0.15, 0.2) is 0 Å². The molecule has 2 aromatic heterocycles. The third-order valence-corrected chi connectivity index (χ3v) is 10.4. The van der Waals surface area contributed by atoms with E-state index >= 15 is 0 Å². The predicted molar refractivity (Wildman–Crippen MR) is 220 cm³/mol. The average molecular weight is 683 g/mol. The Morgan fingerprint density at radius 2 is 0.981 bits per heavy atom. The highest BCUT2D eigenvalue weighted by Gasteiger charge is 2.17. The maximum absolute atomic E-state index is 9.61. The third kappa shape index (κ3) is 5.36. The minimum Gasteiger partial charge on any atom is -0.456 e. The van der Waals surface area contributed by atoms with Gasteiger partial charge in [0.2, 0.25) is 0 Å². The van der Waals surface area contributed by atoms with Crippen molar-refractivity contribution >= 4 is 60.8 Å². The fourth-order valence-corrected chi connectivity index (χ4v) is 7.72. The van der Waals surface area contributed by atoms with Gasteiger partial charge in [0.25, 0.3) is 0 Å². The van der Waals surface area contributed by atoms with Gasteiger partial charge in [0, 0.05) is 44.3 Å². The minimum absolute atomic E-state index is 0.0324. The van der Waals surface area contributed by atoms with Crippen LogP contribution in [0.5, 0.6) is 0 Å². The monoisotopic (exact) mass is 682 g/mol. The van der Waals surface area contributed by atoms with Gasteiger partial charge < -0.3 is 19.0 Å². The molecule has 2 heterocycles. The Morgan fingerprint density at radius 3 is 1.72 bits per heavy atom. The van der Waals surface area contributed by atoms with E-state index < -0.39 is 0 Å². The van der Waals surface area contributed by atoms with Gasteiger partial charge in [-0.3, -0.25) is 0 Å². The number of rotatable bonds is 7. The zero-order valence-electron chi connectivity index (χ0n) is 28.9. The van der Waals surface area contributed by atoms with E-state index in [0.29, 0.717) is 0 Å². The van der Waals surface area contributed by atoms with Crippen LogP contribution in [-0.2, 0) is 6.61 Å². The van der Waals surface area contributed by atoms with Crippen LogP contribution in [-0.4, -0.2) is 9.67 Å². The van der Waals surface area contributed by atoms with Gasteiger partial charge in [0.1, 0.15) is 11.2 Å². The van der Waals surface area contributed by atoms with Crippen LogP contribution in [0.1, 0.15) is 5.56 Å². The molecular formula is C49H34N2O2. The zero-order chi connectivity index (χ0) is 35.3. The lowest BCUT2D eigenvalue weighted by Gasteiger charge is -2.26. The summed E-state index contributed by atoms with van der Waals surface area (Å²) in [6, 6.07) is 66.3. The number of nitrogens with zero attached hydrogens (tertiary/aromatic N) is 2. The van der Waals surface area contributed by atoms with Gasteiger partial charge in [-0.25, -0.2) is 0 Å². The molecule has 0 atom stereocenters. The van der Waals surface area contributed by atoms with Crippen LogP contribution in [0, 0.1) is 0 Å². The number of hydrogen-bond acceptors (Lipinski definition) is 3. The van der Waals surface area contributed by atoms with Crippen molar-refractivity contribution in [1.82, 2.24) is 4.57 Å². The summed E-state index contributed by atoms with van der Waals surface area (Å²) in [5.41, 5.74) is 13.9. The highest BCUT2D eigenvalue weighted by atomic mass is 16.3. The van der Waals surface area contributed by atoms with Crippen molar-refractivity contribution in [2.75, 3.05) is 4.90 Å². The summed E-state index contributed by atoms with van der Waals surface area (Å²) in [5, 5.41) is 14.2. The average Bonchev–Trinajstić information content (AvgIpc) is 3.77. The van der Waals surface area contributed by atoms with Gasteiger partial charge in [-0.15, -0.1) is 0 Å². The first kappa shape index (κ1) is 30.9. The summed E-state index contributed by atoms with van der Waals surface area (Å²) in [4.78, 5) is 2.32. The second-order valence-electron chi connectivity index (χ2n) is 13.5. The fraction of sp³-hybridized carbons (Fsp3) is 0.0204. The molecule has 0 bridgehead atoms. The van der Waals surface area contributed by atoms with Crippen molar-refractivity contribution in [1.29, 1.82) is 0 Å². The van der Waals surface area contributed by atoms with Crippen LogP contribution in [0.4, 0.5) is 17.1 Å². The van der Waals surface area contributed by atoms with Crippen LogP contribution in [0.3, 0.4) is 0 Å². The van der Waals surface area contributed by atoms with Gasteiger partial charge in [0.05, 0.1) is 17.6 Å². The maximum atomic E-state index is 9.61. The van der Waals surface area contributed by atoms with Gasteiger partial charge in [-0.1, -0.05) is 109 Å². The van der Waals surface area contributed by atoms with Crippen LogP contribution in [0.25, 0.3) is 71.7 Å². The quantitative estimate of drug-likeness (QED) is 0.182. The van der Waals surface area contributed by atoms with Crippen molar-refractivity contribution in [2.45, 2.75) is 6.61 Å². The molecule has 0 aliphatic carbocycles. The zero-order valence-corrected chi connectivity index (χ0v) is 28.9. The van der Waals surface area contributed by atoms with E-state index in [1.54, 1.807) is 0 Å². The minimum atomic E-state index is 0.0324. The number of aromatic nitrogens is 1. The van der Waals surface area contributed by atoms with E-state index in [2.05, 4.69) is 173 Å². The molecule has 53 heavy (non-hydrogen) atoms. The third-order valence-electron chi connectivity index (χ3n) is 10.4. The molecule has 0 amide bonds. The summed E-state index contributed by atoms with van der Waals surface area (Å²) in [7, 11) is 0. The normalized spacial score (nSPS) is 11.6. The molecule has 4 heteroatoms. The number of aliphatic hydroxyl groups excluding tert-OH is 1. The molecular weight excluding hydrogens is 649 g/mol. The number of anilines is 3. The summed E-state index contributed by atoms with van der Waals surface area (Å²) in [5.74, 6) is 0. The number of furan rings is 1. The van der Waals surface area contributed by atoms with Crippen molar-refractivity contribution in [3.63, 3.8) is 0 Å². The van der Waals surface area contributed by atoms with Crippen LogP contribution in [0.2, 0.25) is 0 Å². The first-order chi connectivity index (χ1) is 26.2. The molecule has 0 radical (unpaired) electrons. The molecule has 252 valence electrons. The Hall–Kier alpha value is -6.88. The smallest absolute Gasteiger partial charge is 0.135 e. The molecule has 8 aromatic carbocycles. The highest BCUT2D eigenvalue weighted by Crippen LogP contribution is 2.41. The Morgan fingerprint density at radius 1 is 0.415 bits per heavy atom. The van der Waals surface area contributed by atoms with Crippen molar-refractivity contribution in [2.24, 2.45) is 0 Å². The van der Waals surface area contributed by atoms with E-state index in [0.717, 1.165) is 72.4 Å². The molecule has 0 aliphatic heterocycles. The molecule has 0 saturated heterocycles. The Labute approximate surface area is 307 Å². The first-order valence-electron chi connectivity index (χ1n) is 17.9. The second kappa shape index (κ2) is 12.7. The van der Waals surface area contributed by atoms with Crippen molar-refractivity contribution in [3.05, 3.63) is 194 Å². The molecule has 10 aromatic rings.